The van der Waals surface area contributed by atoms with E-state index in [0.29, 0.717) is 17.5 Å². The first-order chi connectivity index (χ1) is 14.8. The number of hydrogen-bond acceptors (Lipinski definition) is 3. The minimum absolute atomic E-state index is 0.290. The van der Waals surface area contributed by atoms with Crippen LogP contribution in [0.4, 0.5) is 0 Å². The van der Waals surface area contributed by atoms with Gasteiger partial charge in [0.2, 0.25) is 0 Å². The monoisotopic (exact) mass is 415 g/mol. The van der Waals surface area contributed by atoms with E-state index in [9.17, 15) is 9.59 Å². The Morgan fingerprint density at radius 2 is 1.52 bits per heavy atom. The molecular weight excluding hydrogens is 390 g/mol. The standard InChI is InChI=1S/C25H25N3O3/c1-25(2)15-31-22(17-13-9-6-10-14-17)21-20-18(23(29)27(4)24(30)26(20)3)19(28(21)25)16-11-7-5-8-12-16/h5-14,22H,15H2,1-4H3/t22-/m0/s1. The summed E-state index contributed by atoms with van der Waals surface area (Å²) in [7, 11) is 3.26. The Bertz CT molecular complexity index is 1410. The van der Waals surface area contributed by atoms with Crippen LogP contribution in [0, 0.1) is 0 Å². The van der Waals surface area contributed by atoms with Gasteiger partial charge in [-0.05, 0) is 25.0 Å². The third kappa shape index (κ3) is 2.75. The highest BCUT2D eigenvalue weighted by atomic mass is 16.5. The van der Waals surface area contributed by atoms with Gasteiger partial charge in [0.05, 0.1) is 34.4 Å². The van der Waals surface area contributed by atoms with Crippen molar-refractivity contribution in [1.29, 1.82) is 0 Å². The molecule has 6 nitrogen and oxygen atoms in total. The van der Waals surface area contributed by atoms with Crippen LogP contribution in [0.15, 0.2) is 70.3 Å². The lowest BCUT2D eigenvalue weighted by Gasteiger charge is -2.39. The summed E-state index contributed by atoms with van der Waals surface area (Å²) in [5, 5.41) is 0.547. The highest BCUT2D eigenvalue weighted by Gasteiger charge is 2.40. The van der Waals surface area contributed by atoms with Gasteiger partial charge < -0.3 is 9.30 Å². The Morgan fingerprint density at radius 3 is 2.16 bits per heavy atom. The summed E-state index contributed by atoms with van der Waals surface area (Å²) in [5.41, 5.74) is 3.19. The molecule has 2 aromatic carbocycles. The van der Waals surface area contributed by atoms with Crippen LogP contribution in [0.5, 0.6) is 0 Å². The fraction of sp³-hybridized carbons (Fsp3) is 0.280. The van der Waals surface area contributed by atoms with E-state index in [4.69, 9.17) is 4.74 Å². The lowest BCUT2D eigenvalue weighted by atomic mass is 9.98. The van der Waals surface area contributed by atoms with E-state index in [0.717, 1.165) is 22.5 Å². The van der Waals surface area contributed by atoms with E-state index < -0.39 is 5.54 Å². The van der Waals surface area contributed by atoms with Crippen molar-refractivity contribution in [2.45, 2.75) is 25.5 Å². The van der Waals surface area contributed by atoms with Crippen LogP contribution in [0.25, 0.3) is 22.2 Å². The molecule has 0 aliphatic carbocycles. The van der Waals surface area contributed by atoms with E-state index in [-0.39, 0.29) is 17.4 Å². The second-order valence-corrected chi connectivity index (χ2v) is 8.78. The van der Waals surface area contributed by atoms with Gasteiger partial charge in [0.15, 0.2) is 0 Å². The van der Waals surface area contributed by atoms with Gasteiger partial charge >= 0.3 is 5.69 Å². The number of benzene rings is 2. The third-order valence-electron chi connectivity index (χ3n) is 6.21. The van der Waals surface area contributed by atoms with E-state index in [1.807, 2.05) is 60.7 Å². The van der Waals surface area contributed by atoms with Crippen LogP contribution >= 0.6 is 0 Å². The molecule has 2 aromatic heterocycles. The molecule has 1 aliphatic rings. The first-order valence-corrected chi connectivity index (χ1v) is 10.4. The number of aromatic nitrogens is 3. The van der Waals surface area contributed by atoms with Gasteiger partial charge in [-0.3, -0.25) is 13.9 Å². The summed E-state index contributed by atoms with van der Waals surface area (Å²) in [5.74, 6) is 0. The van der Waals surface area contributed by atoms with E-state index in [2.05, 4.69) is 18.4 Å². The van der Waals surface area contributed by atoms with E-state index in [1.165, 1.54) is 11.6 Å². The van der Waals surface area contributed by atoms with Crippen LogP contribution in [0.2, 0.25) is 0 Å². The molecule has 1 aliphatic heterocycles. The highest BCUT2D eigenvalue weighted by molar-refractivity contribution is 5.96. The predicted octanol–water partition coefficient (Wildman–Crippen LogP) is 3.56. The minimum Gasteiger partial charge on any atom is -0.365 e. The van der Waals surface area contributed by atoms with Crippen molar-refractivity contribution < 1.29 is 4.74 Å². The minimum atomic E-state index is -0.411. The summed E-state index contributed by atoms with van der Waals surface area (Å²) < 4.78 is 11.4. The van der Waals surface area contributed by atoms with Gasteiger partial charge in [-0.25, -0.2) is 4.79 Å². The zero-order valence-electron chi connectivity index (χ0n) is 18.1. The third-order valence-corrected chi connectivity index (χ3v) is 6.21. The molecule has 0 saturated carbocycles. The number of hydrogen-bond donors (Lipinski definition) is 0. The molecular formula is C25H25N3O3. The molecule has 0 saturated heterocycles. The van der Waals surface area contributed by atoms with Crippen molar-refractivity contribution in [3.05, 3.63) is 92.8 Å². The van der Waals surface area contributed by atoms with Crippen LogP contribution < -0.4 is 11.2 Å². The van der Waals surface area contributed by atoms with Gasteiger partial charge in [0.25, 0.3) is 5.56 Å². The molecule has 0 bridgehead atoms. The number of nitrogens with zero attached hydrogens (tertiary/aromatic N) is 3. The average molecular weight is 415 g/mol. The van der Waals surface area contributed by atoms with Crippen LogP contribution in [-0.2, 0) is 24.4 Å². The molecule has 0 N–H and O–H groups in total. The summed E-state index contributed by atoms with van der Waals surface area (Å²) in [4.78, 5) is 26.4. The van der Waals surface area contributed by atoms with Gasteiger partial charge in [0.1, 0.15) is 6.10 Å². The maximum atomic E-state index is 13.5. The summed E-state index contributed by atoms with van der Waals surface area (Å²) in [6, 6.07) is 19.9. The Morgan fingerprint density at radius 1 is 0.903 bits per heavy atom. The lowest BCUT2D eigenvalue weighted by molar-refractivity contribution is -0.00707. The van der Waals surface area contributed by atoms with Crippen molar-refractivity contribution in [3.8, 4) is 11.3 Å². The number of fused-ring (bicyclic) bond motifs is 3. The maximum absolute atomic E-state index is 13.5. The largest absolute Gasteiger partial charge is 0.365 e. The van der Waals surface area contributed by atoms with Crippen LogP contribution in [0.1, 0.15) is 31.2 Å². The van der Waals surface area contributed by atoms with Crippen LogP contribution in [0.3, 0.4) is 0 Å². The summed E-state index contributed by atoms with van der Waals surface area (Å²) in [6.07, 6.45) is -0.383. The number of aryl methyl sites for hydroxylation is 1. The molecule has 0 radical (unpaired) electrons. The van der Waals surface area contributed by atoms with Crippen molar-refractivity contribution >= 4 is 10.9 Å². The Labute approximate surface area is 179 Å². The quantitative estimate of drug-likeness (QED) is 0.503. The smallest absolute Gasteiger partial charge is 0.331 e. The van der Waals surface area contributed by atoms with Crippen molar-refractivity contribution in [3.63, 3.8) is 0 Å². The first-order valence-electron chi connectivity index (χ1n) is 10.4. The molecule has 6 heteroatoms. The van der Waals surface area contributed by atoms with Gasteiger partial charge in [-0.15, -0.1) is 0 Å². The Balaban J connectivity index is 2.04. The van der Waals surface area contributed by atoms with Crippen LogP contribution in [-0.4, -0.2) is 20.3 Å². The fourth-order valence-electron chi connectivity index (χ4n) is 4.75. The van der Waals surface area contributed by atoms with Gasteiger partial charge in [0, 0.05) is 14.1 Å². The SMILES string of the molecule is Cn1c(=O)c2c(-c3ccccc3)n3c(c2n(C)c1=O)[C@H](c1ccccc1)OCC3(C)C. The molecule has 4 aromatic rings. The molecule has 0 spiro atoms. The van der Waals surface area contributed by atoms with Gasteiger partial charge in [-0.2, -0.15) is 0 Å². The number of ether oxygens (including phenoxy) is 1. The molecule has 5 rings (SSSR count). The van der Waals surface area contributed by atoms with Crippen molar-refractivity contribution in [2.24, 2.45) is 14.1 Å². The number of rotatable bonds is 2. The lowest BCUT2D eigenvalue weighted by Crippen LogP contribution is -2.40. The Kier molecular flexibility index (Phi) is 4.31. The topological polar surface area (TPSA) is 58.2 Å². The highest BCUT2D eigenvalue weighted by Crippen LogP contribution is 2.45. The zero-order valence-corrected chi connectivity index (χ0v) is 18.1. The molecule has 3 heterocycles. The zero-order chi connectivity index (χ0) is 21.9. The van der Waals surface area contributed by atoms with Gasteiger partial charge in [-0.1, -0.05) is 60.7 Å². The fourth-order valence-corrected chi connectivity index (χ4v) is 4.75. The molecule has 158 valence electrons. The second kappa shape index (κ2) is 6.82. The molecule has 0 amide bonds. The van der Waals surface area contributed by atoms with E-state index in [1.54, 1.807) is 11.6 Å². The Hall–Kier alpha value is -3.38. The van der Waals surface area contributed by atoms with Crippen molar-refractivity contribution in [2.75, 3.05) is 6.61 Å². The predicted molar refractivity (Wildman–Crippen MR) is 121 cm³/mol. The molecule has 1 atom stereocenters. The summed E-state index contributed by atoms with van der Waals surface area (Å²) >= 11 is 0. The summed E-state index contributed by atoms with van der Waals surface area (Å²) in [6.45, 7) is 4.69. The molecule has 0 unspecified atom stereocenters. The maximum Gasteiger partial charge on any atom is 0.331 e. The van der Waals surface area contributed by atoms with Crippen molar-refractivity contribution in [1.82, 2.24) is 13.7 Å². The normalized spacial score (nSPS) is 17.6. The molecule has 0 fully saturated rings. The molecule has 31 heavy (non-hydrogen) atoms. The average Bonchev–Trinajstić information content (AvgIpc) is 3.15. The first kappa shape index (κ1) is 19.6. The second-order valence-electron chi connectivity index (χ2n) is 8.78. The van der Waals surface area contributed by atoms with E-state index >= 15 is 0 Å².